The molecule has 0 spiro atoms. The van der Waals surface area contributed by atoms with Crippen LogP contribution in [0.5, 0.6) is 0 Å². The Bertz CT molecular complexity index is 492. The Kier molecular flexibility index (Phi) is 3.21. The van der Waals surface area contributed by atoms with Crippen molar-refractivity contribution in [3.05, 3.63) is 23.6 Å². The molecule has 1 saturated heterocycles. The molecule has 2 unspecified atom stereocenters. The molecule has 2 atom stereocenters. The summed E-state index contributed by atoms with van der Waals surface area (Å²) in [5, 5.41) is 12.3. The van der Waals surface area contributed by atoms with Crippen LogP contribution in [0, 0.1) is 11.3 Å². The van der Waals surface area contributed by atoms with E-state index in [1.165, 1.54) is 6.08 Å². The Morgan fingerprint density at radius 1 is 1.50 bits per heavy atom. The zero-order chi connectivity index (χ0) is 14.5. The van der Waals surface area contributed by atoms with Gasteiger partial charge in [0.15, 0.2) is 0 Å². The minimum atomic E-state index is -0.686. The molecule has 2 fully saturated rings. The van der Waals surface area contributed by atoms with Crippen molar-refractivity contribution in [2.24, 2.45) is 11.3 Å². The molecule has 0 aromatic heterocycles. The van der Waals surface area contributed by atoms with Crippen LogP contribution in [-0.4, -0.2) is 48.2 Å². The third-order valence-corrected chi connectivity index (χ3v) is 4.87. The summed E-state index contributed by atoms with van der Waals surface area (Å²) in [5.41, 5.74) is -0.0796. The van der Waals surface area contributed by atoms with Crippen LogP contribution in [-0.2, 0) is 4.79 Å². The number of aliphatic hydroxyl groups is 1. The minimum Gasteiger partial charge on any atom is -0.390 e. The average molecular weight is 280 g/mol. The van der Waals surface area contributed by atoms with Crippen LogP contribution < -0.4 is 5.32 Å². The van der Waals surface area contributed by atoms with Gasteiger partial charge in [-0.1, -0.05) is 6.08 Å². The molecular formula is C15H21FN2O2. The van der Waals surface area contributed by atoms with E-state index in [1.807, 2.05) is 4.90 Å². The summed E-state index contributed by atoms with van der Waals surface area (Å²) in [6.07, 6.45) is 4.83. The summed E-state index contributed by atoms with van der Waals surface area (Å²) in [6, 6.07) is -0.275. The topological polar surface area (TPSA) is 52.6 Å². The van der Waals surface area contributed by atoms with E-state index in [4.69, 9.17) is 0 Å². The summed E-state index contributed by atoms with van der Waals surface area (Å²) in [6.45, 7) is 2.78. The predicted molar refractivity (Wildman–Crippen MR) is 73.5 cm³/mol. The molecule has 3 aliphatic rings. The molecule has 0 aromatic rings. The highest BCUT2D eigenvalue weighted by molar-refractivity contribution is 5.87. The lowest BCUT2D eigenvalue weighted by atomic mass is 9.68. The van der Waals surface area contributed by atoms with Crippen molar-refractivity contribution < 1.29 is 14.3 Å². The van der Waals surface area contributed by atoms with Crippen molar-refractivity contribution in [3.8, 4) is 0 Å². The Hall–Kier alpha value is -1.20. The highest BCUT2D eigenvalue weighted by atomic mass is 19.1. The van der Waals surface area contributed by atoms with Gasteiger partial charge in [0.1, 0.15) is 5.83 Å². The van der Waals surface area contributed by atoms with Crippen molar-refractivity contribution >= 4 is 5.91 Å². The molecule has 0 radical (unpaired) electrons. The van der Waals surface area contributed by atoms with Gasteiger partial charge in [0.05, 0.1) is 17.6 Å². The van der Waals surface area contributed by atoms with Crippen LogP contribution >= 0.6 is 0 Å². The Morgan fingerprint density at radius 2 is 2.15 bits per heavy atom. The van der Waals surface area contributed by atoms with Crippen LogP contribution in [0.3, 0.4) is 0 Å². The quantitative estimate of drug-likeness (QED) is 0.810. The van der Waals surface area contributed by atoms with Crippen molar-refractivity contribution in [2.75, 3.05) is 20.1 Å². The van der Waals surface area contributed by atoms with E-state index in [0.717, 1.165) is 12.8 Å². The summed E-state index contributed by atoms with van der Waals surface area (Å²) >= 11 is 0. The van der Waals surface area contributed by atoms with Gasteiger partial charge in [-0.2, -0.15) is 0 Å². The summed E-state index contributed by atoms with van der Waals surface area (Å²) < 4.78 is 14.0. The number of rotatable bonds is 3. The fourth-order valence-electron chi connectivity index (χ4n) is 3.72. The standard InChI is InChI=1S/C15H21FN2O2/c1-9-12(16)5-6-15(10-3-4-10,14(20)17-2)13(9)18-7-11(19)8-18/h5-6,10-11,13,19H,3-4,7-8H2,1-2H3,(H,17,20). The van der Waals surface area contributed by atoms with Crippen LogP contribution in [0.2, 0.25) is 0 Å². The van der Waals surface area contributed by atoms with E-state index in [-0.39, 0.29) is 29.8 Å². The van der Waals surface area contributed by atoms with E-state index in [0.29, 0.717) is 18.7 Å². The normalized spacial score (nSPS) is 35.1. The number of carbonyl (C=O) groups excluding carboxylic acids is 1. The number of aliphatic hydroxyl groups excluding tert-OH is 1. The van der Waals surface area contributed by atoms with Gasteiger partial charge >= 0.3 is 0 Å². The van der Waals surface area contributed by atoms with E-state index >= 15 is 0 Å². The summed E-state index contributed by atoms with van der Waals surface area (Å²) in [4.78, 5) is 14.6. The number of amides is 1. The maximum Gasteiger partial charge on any atom is 0.232 e. The highest BCUT2D eigenvalue weighted by Crippen LogP contribution is 2.54. The maximum absolute atomic E-state index is 14.0. The van der Waals surface area contributed by atoms with Crippen molar-refractivity contribution in [3.63, 3.8) is 0 Å². The molecular weight excluding hydrogens is 259 g/mol. The van der Waals surface area contributed by atoms with Crippen LogP contribution in [0.25, 0.3) is 0 Å². The molecule has 4 nitrogen and oxygen atoms in total. The predicted octanol–water partition coefficient (Wildman–Crippen LogP) is 0.987. The third kappa shape index (κ3) is 1.84. The monoisotopic (exact) mass is 280 g/mol. The number of carbonyl (C=O) groups is 1. The third-order valence-electron chi connectivity index (χ3n) is 4.87. The first-order valence-corrected chi connectivity index (χ1v) is 7.20. The maximum atomic E-state index is 14.0. The highest BCUT2D eigenvalue weighted by Gasteiger charge is 2.58. The number of nitrogens with one attached hydrogen (secondary N) is 1. The second-order valence-corrected chi connectivity index (χ2v) is 6.16. The molecule has 0 bridgehead atoms. The molecule has 1 saturated carbocycles. The number of likely N-dealkylation sites (tertiary alicyclic amines) is 1. The van der Waals surface area contributed by atoms with Crippen LogP contribution in [0.15, 0.2) is 23.6 Å². The molecule has 3 rings (SSSR count). The van der Waals surface area contributed by atoms with Crippen molar-refractivity contribution in [2.45, 2.75) is 31.9 Å². The SMILES string of the molecule is CNC(=O)C1(C2CC2)C=CC(F)=C(C)C1N1CC(O)C1. The largest absolute Gasteiger partial charge is 0.390 e. The molecule has 1 amide bonds. The number of halogens is 1. The number of hydrogen-bond acceptors (Lipinski definition) is 3. The van der Waals surface area contributed by atoms with Gasteiger partial charge in [-0.15, -0.1) is 0 Å². The molecule has 110 valence electrons. The van der Waals surface area contributed by atoms with Crippen LogP contribution in [0.1, 0.15) is 19.8 Å². The molecule has 1 aliphatic heterocycles. The average Bonchev–Trinajstić information content (AvgIpc) is 3.22. The Morgan fingerprint density at radius 3 is 2.65 bits per heavy atom. The van der Waals surface area contributed by atoms with Crippen molar-refractivity contribution in [1.82, 2.24) is 10.2 Å². The number of allylic oxidation sites excluding steroid dienone is 2. The Balaban J connectivity index is 2.02. The fourth-order valence-corrected chi connectivity index (χ4v) is 3.72. The molecule has 5 heteroatoms. The Labute approximate surface area is 118 Å². The second kappa shape index (κ2) is 4.67. The molecule has 0 aromatic carbocycles. The van der Waals surface area contributed by atoms with Gasteiger partial charge in [0.25, 0.3) is 0 Å². The van der Waals surface area contributed by atoms with Gasteiger partial charge in [0.2, 0.25) is 5.91 Å². The number of nitrogens with zero attached hydrogens (tertiary/aromatic N) is 1. The number of β-amino-alcohol motifs (C(OH)–C–C–N with tert-alkyl or cyclic N) is 1. The molecule has 20 heavy (non-hydrogen) atoms. The lowest BCUT2D eigenvalue weighted by Gasteiger charge is -2.51. The lowest BCUT2D eigenvalue weighted by molar-refractivity contribution is -0.135. The van der Waals surface area contributed by atoms with E-state index in [9.17, 15) is 14.3 Å². The van der Waals surface area contributed by atoms with E-state index in [2.05, 4.69) is 5.32 Å². The zero-order valence-electron chi connectivity index (χ0n) is 11.9. The first-order valence-electron chi connectivity index (χ1n) is 7.20. The molecule has 2 N–H and O–H groups in total. The van der Waals surface area contributed by atoms with Gasteiger partial charge in [-0.25, -0.2) is 4.39 Å². The van der Waals surface area contributed by atoms with E-state index < -0.39 is 5.41 Å². The van der Waals surface area contributed by atoms with Crippen molar-refractivity contribution in [1.29, 1.82) is 0 Å². The van der Waals surface area contributed by atoms with Crippen LogP contribution in [0.4, 0.5) is 4.39 Å². The molecule has 1 heterocycles. The fraction of sp³-hybridized carbons (Fsp3) is 0.667. The molecule has 2 aliphatic carbocycles. The first-order chi connectivity index (χ1) is 9.50. The number of hydrogen-bond donors (Lipinski definition) is 2. The van der Waals surface area contributed by atoms with Gasteiger partial charge in [-0.3, -0.25) is 9.69 Å². The minimum absolute atomic E-state index is 0.0468. The smallest absolute Gasteiger partial charge is 0.232 e. The first kappa shape index (κ1) is 13.8. The van der Waals surface area contributed by atoms with Gasteiger partial charge in [-0.05, 0) is 37.3 Å². The summed E-state index contributed by atoms with van der Waals surface area (Å²) in [5.74, 6) is -0.0319. The van der Waals surface area contributed by atoms with Gasteiger partial charge < -0.3 is 10.4 Å². The van der Waals surface area contributed by atoms with E-state index in [1.54, 1.807) is 20.0 Å². The second-order valence-electron chi connectivity index (χ2n) is 6.16. The summed E-state index contributed by atoms with van der Waals surface area (Å²) in [7, 11) is 1.63. The van der Waals surface area contributed by atoms with Gasteiger partial charge in [0, 0.05) is 20.1 Å². The zero-order valence-corrected chi connectivity index (χ0v) is 11.9. The lowest BCUT2D eigenvalue weighted by Crippen LogP contribution is -2.64.